The van der Waals surface area contributed by atoms with Gasteiger partial charge in [-0.3, -0.25) is 19.3 Å². The Balaban J connectivity index is 1.21. The van der Waals surface area contributed by atoms with Gasteiger partial charge in [-0.25, -0.2) is 9.37 Å². The molecule has 4 aromatic rings. The number of aromatic nitrogens is 3. The number of halogens is 4. The van der Waals surface area contributed by atoms with Crippen LogP contribution >= 0.6 is 0 Å². The van der Waals surface area contributed by atoms with E-state index in [1.54, 1.807) is 36.0 Å². The van der Waals surface area contributed by atoms with Crippen molar-refractivity contribution in [2.24, 2.45) is 12.0 Å². The number of nitrogens with zero attached hydrogens (tertiary/aromatic N) is 5. The lowest BCUT2D eigenvalue weighted by molar-refractivity contribution is -0.138. The van der Waals surface area contributed by atoms with E-state index in [2.05, 4.69) is 25.7 Å². The minimum Gasteiger partial charge on any atom is -0.490 e. The summed E-state index contributed by atoms with van der Waals surface area (Å²) in [5.41, 5.74) is -1.80. The highest BCUT2D eigenvalue weighted by molar-refractivity contribution is 6.21. The molecule has 0 spiro atoms. The van der Waals surface area contributed by atoms with Crippen LogP contribution in [-0.4, -0.2) is 56.0 Å². The van der Waals surface area contributed by atoms with Crippen LogP contribution in [0.25, 0.3) is 0 Å². The Morgan fingerprint density at radius 1 is 1.19 bits per heavy atom. The van der Waals surface area contributed by atoms with Gasteiger partial charge in [-0.1, -0.05) is 12.1 Å². The number of hydrogen-bond acceptors (Lipinski definition) is 9. The number of ether oxygens (including phenoxy) is 1. The zero-order chi connectivity index (χ0) is 33.7. The van der Waals surface area contributed by atoms with Crippen molar-refractivity contribution in [3.63, 3.8) is 0 Å². The number of alkyl halides is 3. The summed E-state index contributed by atoms with van der Waals surface area (Å²) in [6, 6.07) is 12.7. The molecule has 0 saturated carbocycles. The first-order valence-corrected chi connectivity index (χ1v) is 14.2. The van der Waals surface area contributed by atoms with Gasteiger partial charge in [0.05, 0.1) is 34.9 Å². The molecule has 1 amide bonds. The molecule has 2 aliphatic rings. The Hall–Kier alpha value is -5.62. The maximum absolute atomic E-state index is 14.6. The second kappa shape index (κ2) is 11.6. The largest absolute Gasteiger partial charge is 0.490 e. The van der Waals surface area contributed by atoms with Gasteiger partial charge >= 0.3 is 6.18 Å². The van der Waals surface area contributed by atoms with Crippen LogP contribution < -0.4 is 15.4 Å². The molecule has 47 heavy (non-hydrogen) atoms. The van der Waals surface area contributed by atoms with Crippen LogP contribution in [0.1, 0.15) is 57.3 Å². The molecule has 0 aliphatic carbocycles. The van der Waals surface area contributed by atoms with Gasteiger partial charge in [-0.15, -0.1) is 0 Å². The maximum atomic E-state index is 14.6. The third-order valence-electron chi connectivity index (χ3n) is 7.97. The SMILES string of the molecule is Cn1ncnc1[C@@H]1C2=NCC(=O)c3cc(F)cc(c32)N[C@H]1c1ccc(OC[C@](C)(O)C(=O)Nc2ccc(C#N)c(C(F)(F)F)c2)cc1. The molecule has 3 N–H and O–H groups in total. The zero-order valence-electron chi connectivity index (χ0n) is 24.8. The number of nitrogens with one attached hydrogen (secondary N) is 2. The van der Waals surface area contributed by atoms with E-state index in [1.165, 1.54) is 24.5 Å². The van der Waals surface area contributed by atoms with Crippen LogP contribution in [0.4, 0.5) is 28.9 Å². The van der Waals surface area contributed by atoms with E-state index < -0.39 is 53.2 Å². The predicted octanol–water partition coefficient (Wildman–Crippen LogP) is 4.55. The minimum atomic E-state index is -4.82. The van der Waals surface area contributed by atoms with Crippen molar-refractivity contribution in [1.29, 1.82) is 5.26 Å². The molecule has 0 bridgehead atoms. The Morgan fingerprint density at radius 2 is 1.94 bits per heavy atom. The summed E-state index contributed by atoms with van der Waals surface area (Å²) in [5, 5.41) is 29.5. The molecule has 240 valence electrons. The third kappa shape index (κ3) is 5.90. The topological polar surface area (TPSA) is 155 Å². The van der Waals surface area contributed by atoms with Gasteiger partial charge in [0.15, 0.2) is 11.4 Å². The lowest BCUT2D eigenvalue weighted by Crippen LogP contribution is -2.45. The van der Waals surface area contributed by atoms with E-state index in [0.717, 1.165) is 19.1 Å². The summed E-state index contributed by atoms with van der Waals surface area (Å²) in [6.07, 6.45) is -3.42. The molecule has 0 saturated heterocycles. The summed E-state index contributed by atoms with van der Waals surface area (Å²) < 4.78 is 61.8. The first-order valence-electron chi connectivity index (χ1n) is 14.2. The fourth-order valence-electron chi connectivity index (χ4n) is 5.61. The molecule has 0 fully saturated rings. The Morgan fingerprint density at radius 3 is 2.60 bits per heavy atom. The number of aliphatic hydroxyl groups is 1. The van der Waals surface area contributed by atoms with Crippen molar-refractivity contribution in [1.82, 2.24) is 14.8 Å². The monoisotopic (exact) mass is 647 g/mol. The van der Waals surface area contributed by atoms with Crippen LogP contribution in [0, 0.1) is 17.1 Å². The Kier molecular flexibility index (Phi) is 7.76. The summed E-state index contributed by atoms with van der Waals surface area (Å²) >= 11 is 0. The first-order chi connectivity index (χ1) is 22.3. The summed E-state index contributed by atoms with van der Waals surface area (Å²) in [7, 11) is 1.73. The fourth-order valence-corrected chi connectivity index (χ4v) is 5.61. The number of carbonyl (C=O) groups is 2. The van der Waals surface area contributed by atoms with E-state index >= 15 is 0 Å². The minimum absolute atomic E-state index is 0.138. The van der Waals surface area contributed by atoms with Gasteiger partial charge in [0.2, 0.25) is 0 Å². The average Bonchev–Trinajstić information content (AvgIpc) is 3.46. The second-order valence-electron chi connectivity index (χ2n) is 11.3. The van der Waals surface area contributed by atoms with Crippen LogP contribution in [0.5, 0.6) is 5.75 Å². The molecule has 2 aliphatic heterocycles. The number of amides is 1. The number of rotatable bonds is 7. The number of Topliss-reactive ketones (excluding diaryl/α,β-unsaturated/α-hetero) is 1. The number of nitriles is 1. The van der Waals surface area contributed by atoms with E-state index in [0.29, 0.717) is 34.4 Å². The normalized spacial score (nSPS) is 18.3. The van der Waals surface area contributed by atoms with Gasteiger partial charge in [-0.05, 0) is 55.0 Å². The number of anilines is 2. The van der Waals surface area contributed by atoms with E-state index in [-0.39, 0.29) is 29.3 Å². The van der Waals surface area contributed by atoms with Crippen molar-refractivity contribution in [3.8, 4) is 11.8 Å². The average molecular weight is 648 g/mol. The molecular formula is C32H25F4N7O4. The highest BCUT2D eigenvalue weighted by Gasteiger charge is 2.42. The lowest BCUT2D eigenvalue weighted by atomic mass is 9.78. The van der Waals surface area contributed by atoms with Crippen molar-refractivity contribution < 1.29 is 37.0 Å². The lowest BCUT2D eigenvalue weighted by Gasteiger charge is -2.37. The molecule has 0 unspecified atom stereocenters. The summed E-state index contributed by atoms with van der Waals surface area (Å²) in [5.74, 6) is -1.58. The van der Waals surface area contributed by atoms with Crippen LogP contribution in [-0.2, 0) is 18.0 Å². The molecule has 0 radical (unpaired) electrons. The number of hydrogen-bond donors (Lipinski definition) is 3. The van der Waals surface area contributed by atoms with Gasteiger partial charge in [0.25, 0.3) is 5.91 Å². The van der Waals surface area contributed by atoms with Crippen LogP contribution in [0.3, 0.4) is 0 Å². The standard InChI is InChI=1S/C32H25F4N7O4/c1-31(46,30(45)41-19-6-3-17(12-37)22(11-19)32(34,35)36)14-47-20-7-4-16(5-8-20)27-26(29-39-15-40-43(29)2)28-25-21(24(44)13-38-28)9-18(33)10-23(25)42-27/h3-11,15,26-27,42,46H,13-14H2,1-2H3,(H,41,45)/t26-,27-,31-/m0/s1. The number of benzene rings is 3. The van der Waals surface area contributed by atoms with Crippen molar-refractivity contribution in [3.05, 3.63) is 100 Å². The number of aliphatic imine (C=N–C) groups is 1. The van der Waals surface area contributed by atoms with Gasteiger partial charge in [-0.2, -0.15) is 23.5 Å². The molecule has 15 heteroatoms. The second-order valence-corrected chi connectivity index (χ2v) is 11.3. The molecule has 6 rings (SSSR count). The summed E-state index contributed by atoms with van der Waals surface area (Å²) in [6.45, 7) is 0.453. The molecule has 3 atom stereocenters. The maximum Gasteiger partial charge on any atom is 0.417 e. The third-order valence-corrected chi connectivity index (χ3v) is 7.97. The van der Waals surface area contributed by atoms with E-state index in [1.807, 2.05) is 0 Å². The van der Waals surface area contributed by atoms with E-state index in [4.69, 9.17) is 10.00 Å². The highest BCUT2D eigenvalue weighted by Crippen LogP contribution is 2.45. The molecule has 3 heterocycles. The fraction of sp³-hybridized carbons (Fsp3) is 0.250. The summed E-state index contributed by atoms with van der Waals surface area (Å²) in [4.78, 5) is 34.4. The zero-order valence-corrected chi connectivity index (χ0v) is 24.8. The molecule has 1 aromatic heterocycles. The smallest absolute Gasteiger partial charge is 0.417 e. The molecule has 3 aromatic carbocycles. The van der Waals surface area contributed by atoms with Crippen molar-refractivity contribution >= 4 is 28.8 Å². The van der Waals surface area contributed by atoms with Crippen LogP contribution in [0.2, 0.25) is 0 Å². The highest BCUT2D eigenvalue weighted by atomic mass is 19.4. The van der Waals surface area contributed by atoms with Crippen LogP contribution in [0.15, 0.2) is 65.9 Å². The van der Waals surface area contributed by atoms with Gasteiger partial charge in [0.1, 0.15) is 36.9 Å². The van der Waals surface area contributed by atoms with Crippen molar-refractivity contribution in [2.75, 3.05) is 23.8 Å². The predicted molar refractivity (Wildman–Crippen MR) is 160 cm³/mol. The number of ketones is 1. The first kappa shape index (κ1) is 31.4. The number of carbonyl (C=O) groups excluding carboxylic acids is 2. The van der Waals surface area contributed by atoms with Gasteiger partial charge in [0, 0.05) is 29.5 Å². The Labute approximate surface area is 264 Å². The van der Waals surface area contributed by atoms with Gasteiger partial charge < -0.3 is 20.5 Å². The molecular weight excluding hydrogens is 622 g/mol. The molecule has 11 nitrogen and oxygen atoms in total. The number of aryl methyl sites for hydroxylation is 1. The van der Waals surface area contributed by atoms with E-state index in [9.17, 15) is 32.3 Å². The Bertz CT molecular complexity index is 1980. The quantitative estimate of drug-likeness (QED) is 0.247. The van der Waals surface area contributed by atoms with Crippen molar-refractivity contribution in [2.45, 2.75) is 30.7 Å².